The molecule has 1 aromatic carbocycles. The molecule has 1 aromatic rings. The molecule has 0 aliphatic rings. The van der Waals surface area contributed by atoms with Crippen LogP contribution in [0.15, 0.2) is 17.0 Å². The van der Waals surface area contributed by atoms with Crippen molar-refractivity contribution in [2.75, 3.05) is 6.61 Å². The molecule has 0 aliphatic heterocycles. The van der Waals surface area contributed by atoms with Crippen molar-refractivity contribution in [2.45, 2.75) is 18.7 Å². The highest BCUT2D eigenvalue weighted by atomic mass is 35.7. The van der Waals surface area contributed by atoms with Gasteiger partial charge in [0.2, 0.25) is 0 Å². The van der Waals surface area contributed by atoms with Gasteiger partial charge in [0.15, 0.2) is 5.82 Å². The van der Waals surface area contributed by atoms with Crippen molar-refractivity contribution >= 4 is 25.7 Å². The van der Waals surface area contributed by atoms with E-state index in [2.05, 4.69) is 0 Å². The van der Waals surface area contributed by atoms with Gasteiger partial charge in [-0.25, -0.2) is 22.0 Å². The Labute approximate surface area is 113 Å². The second-order valence-corrected chi connectivity index (χ2v) is 6.73. The van der Waals surface area contributed by atoms with E-state index < -0.39 is 37.1 Å². The summed E-state index contributed by atoms with van der Waals surface area (Å²) in [6, 6.07) is 0.959. The summed E-state index contributed by atoms with van der Waals surface area (Å²) < 4.78 is 53.8. The van der Waals surface area contributed by atoms with Crippen molar-refractivity contribution in [1.29, 1.82) is 0 Å². The average Bonchev–Trinajstić information content (AvgIpc) is 2.27. The van der Waals surface area contributed by atoms with Crippen molar-refractivity contribution < 1.29 is 26.7 Å². The molecule has 19 heavy (non-hydrogen) atoms. The first-order valence-corrected chi connectivity index (χ1v) is 7.54. The van der Waals surface area contributed by atoms with E-state index in [4.69, 9.17) is 15.4 Å². The summed E-state index contributed by atoms with van der Waals surface area (Å²) in [7, 11) is 0.460. The number of rotatable bonds is 4. The van der Waals surface area contributed by atoms with Crippen LogP contribution in [0.4, 0.5) is 8.78 Å². The lowest BCUT2D eigenvalue weighted by Crippen LogP contribution is -2.14. The van der Waals surface area contributed by atoms with E-state index in [1.807, 2.05) is 0 Å². The van der Waals surface area contributed by atoms with Gasteiger partial charge in [0, 0.05) is 10.7 Å². The Balaban J connectivity index is 3.22. The van der Waals surface area contributed by atoms with Gasteiger partial charge in [-0.3, -0.25) is 0 Å². The Kier molecular flexibility index (Phi) is 4.86. The summed E-state index contributed by atoms with van der Waals surface area (Å²) in [6.07, 6.45) is 0. The first-order chi connectivity index (χ1) is 8.62. The van der Waals surface area contributed by atoms with Crippen LogP contribution in [0, 0.1) is 17.6 Å². The third-order valence-electron chi connectivity index (χ3n) is 2.03. The lowest BCUT2D eigenvalue weighted by Gasteiger charge is -2.09. The van der Waals surface area contributed by atoms with Gasteiger partial charge in [0.25, 0.3) is 9.05 Å². The summed E-state index contributed by atoms with van der Waals surface area (Å²) in [5, 5.41) is 0. The molecule has 0 N–H and O–H groups in total. The highest BCUT2D eigenvalue weighted by Gasteiger charge is 2.25. The van der Waals surface area contributed by atoms with Crippen molar-refractivity contribution in [3.05, 3.63) is 29.3 Å². The minimum absolute atomic E-state index is 0.00224. The van der Waals surface area contributed by atoms with Crippen LogP contribution >= 0.6 is 10.7 Å². The molecule has 0 saturated heterocycles. The average molecular weight is 313 g/mol. The van der Waals surface area contributed by atoms with E-state index in [0.29, 0.717) is 12.1 Å². The lowest BCUT2D eigenvalue weighted by molar-refractivity contribution is 0.0452. The Hall–Kier alpha value is -1.21. The third-order valence-corrected chi connectivity index (χ3v) is 3.36. The van der Waals surface area contributed by atoms with E-state index in [0.717, 1.165) is 0 Å². The van der Waals surface area contributed by atoms with E-state index in [9.17, 15) is 22.0 Å². The molecule has 0 fully saturated rings. The zero-order chi connectivity index (χ0) is 14.8. The Bertz CT molecular complexity index is 599. The molecule has 8 heteroatoms. The molecule has 0 aliphatic carbocycles. The SMILES string of the molecule is CC(C)COC(=O)c1cc(F)cc(S(=O)(=O)Cl)c1F. The minimum atomic E-state index is -4.49. The molecule has 1 rings (SSSR count). The number of esters is 1. The second-order valence-electron chi connectivity index (χ2n) is 4.20. The van der Waals surface area contributed by atoms with Crippen molar-refractivity contribution in [1.82, 2.24) is 0 Å². The molecule has 0 unspecified atom stereocenters. The quantitative estimate of drug-likeness (QED) is 0.633. The van der Waals surface area contributed by atoms with E-state index >= 15 is 0 Å². The molecule has 0 amide bonds. The first-order valence-electron chi connectivity index (χ1n) is 5.23. The van der Waals surface area contributed by atoms with Gasteiger partial charge in [-0.05, 0) is 18.1 Å². The molecule has 106 valence electrons. The highest BCUT2D eigenvalue weighted by molar-refractivity contribution is 8.13. The molecule has 0 bridgehead atoms. The van der Waals surface area contributed by atoms with Crippen LogP contribution in [0.1, 0.15) is 24.2 Å². The van der Waals surface area contributed by atoms with E-state index in [1.165, 1.54) is 0 Å². The normalized spacial score (nSPS) is 11.7. The summed E-state index contributed by atoms with van der Waals surface area (Å²) in [5.41, 5.74) is -0.806. The largest absolute Gasteiger partial charge is 0.462 e. The highest BCUT2D eigenvalue weighted by Crippen LogP contribution is 2.24. The van der Waals surface area contributed by atoms with E-state index in [1.54, 1.807) is 13.8 Å². The maximum atomic E-state index is 13.8. The molecule has 0 radical (unpaired) electrons. The fourth-order valence-electron chi connectivity index (χ4n) is 1.21. The topological polar surface area (TPSA) is 60.4 Å². The molecule has 0 saturated carbocycles. The number of halogens is 3. The molecule has 0 aromatic heterocycles. The standard InChI is InChI=1S/C11H11ClF2O4S/c1-6(2)5-18-11(15)8-3-7(13)4-9(10(8)14)19(12,16)17/h3-4,6H,5H2,1-2H3. The van der Waals surface area contributed by atoms with Crippen LogP contribution in [-0.4, -0.2) is 21.0 Å². The summed E-state index contributed by atoms with van der Waals surface area (Å²) in [5.74, 6) is -3.67. The third kappa shape index (κ3) is 4.14. The second kappa shape index (κ2) is 5.83. The minimum Gasteiger partial charge on any atom is -0.462 e. The van der Waals surface area contributed by atoms with Gasteiger partial charge in [0.05, 0.1) is 12.2 Å². The van der Waals surface area contributed by atoms with Crippen LogP contribution in [-0.2, 0) is 13.8 Å². The van der Waals surface area contributed by atoms with Crippen LogP contribution in [0.3, 0.4) is 0 Å². The number of carbonyl (C=O) groups is 1. The Morgan fingerprint density at radius 1 is 1.37 bits per heavy atom. The van der Waals surface area contributed by atoms with Gasteiger partial charge in [-0.1, -0.05) is 13.8 Å². The van der Waals surface area contributed by atoms with E-state index in [-0.39, 0.29) is 12.5 Å². The first kappa shape index (κ1) is 15.8. The molecule has 0 atom stereocenters. The Morgan fingerprint density at radius 3 is 2.42 bits per heavy atom. The molecule has 4 nitrogen and oxygen atoms in total. The van der Waals surface area contributed by atoms with Crippen LogP contribution < -0.4 is 0 Å². The molecule has 0 heterocycles. The predicted octanol–water partition coefficient (Wildman–Crippen LogP) is 2.71. The van der Waals surface area contributed by atoms with Gasteiger partial charge in [-0.2, -0.15) is 0 Å². The van der Waals surface area contributed by atoms with Gasteiger partial charge < -0.3 is 4.74 Å². The monoisotopic (exact) mass is 312 g/mol. The van der Waals surface area contributed by atoms with Crippen LogP contribution in [0.2, 0.25) is 0 Å². The lowest BCUT2D eigenvalue weighted by atomic mass is 10.2. The fraction of sp³-hybridized carbons (Fsp3) is 0.364. The predicted molar refractivity (Wildman–Crippen MR) is 64.5 cm³/mol. The van der Waals surface area contributed by atoms with Gasteiger partial charge >= 0.3 is 5.97 Å². The van der Waals surface area contributed by atoms with Crippen LogP contribution in [0.5, 0.6) is 0 Å². The number of benzene rings is 1. The summed E-state index contributed by atoms with van der Waals surface area (Å²) in [4.78, 5) is 10.4. The summed E-state index contributed by atoms with van der Waals surface area (Å²) in [6.45, 7) is 3.51. The van der Waals surface area contributed by atoms with Crippen LogP contribution in [0.25, 0.3) is 0 Å². The maximum absolute atomic E-state index is 13.8. The van der Waals surface area contributed by atoms with Gasteiger partial charge in [-0.15, -0.1) is 0 Å². The maximum Gasteiger partial charge on any atom is 0.341 e. The summed E-state index contributed by atoms with van der Waals surface area (Å²) >= 11 is 0. The molecular formula is C11H11ClF2O4S. The smallest absolute Gasteiger partial charge is 0.341 e. The Morgan fingerprint density at radius 2 is 1.95 bits per heavy atom. The fourth-order valence-corrected chi connectivity index (χ4v) is 2.12. The zero-order valence-electron chi connectivity index (χ0n) is 10.1. The van der Waals surface area contributed by atoms with Crippen molar-refractivity contribution in [2.24, 2.45) is 5.92 Å². The number of hydrogen-bond acceptors (Lipinski definition) is 4. The number of ether oxygens (including phenoxy) is 1. The van der Waals surface area contributed by atoms with Crippen molar-refractivity contribution in [3.63, 3.8) is 0 Å². The number of hydrogen-bond donors (Lipinski definition) is 0. The molecule has 0 spiro atoms. The number of carbonyl (C=O) groups excluding carboxylic acids is 1. The zero-order valence-corrected chi connectivity index (χ0v) is 11.7. The van der Waals surface area contributed by atoms with Crippen molar-refractivity contribution in [3.8, 4) is 0 Å². The molecular weight excluding hydrogens is 302 g/mol. The van der Waals surface area contributed by atoms with Gasteiger partial charge in [0.1, 0.15) is 10.7 Å².